The number of nitrogens with zero attached hydrogens (tertiary/aromatic N) is 7. The molecule has 0 bridgehead atoms. The van der Waals surface area contributed by atoms with Crippen LogP contribution < -0.4 is 4.74 Å². The molecule has 0 spiro atoms. The van der Waals surface area contributed by atoms with E-state index in [4.69, 9.17) is 21.3 Å². The van der Waals surface area contributed by atoms with Crippen LogP contribution in [0.25, 0.3) is 40.8 Å². The molecule has 0 saturated heterocycles. The van der Waals surface area contributed by atoms with Gasteiger partial charge in [0.2, 0.25) is 11.8 Å². The third-order valence-electron chi connectivity index (χ3n) is 5.55. The maximum absolute atomic E-state index is 12.7. The highest BCUT2D eigenvalue weighted by Gasteiger charge is 2.31. The molecule has 0 aliphatic rings. The molecule has 0 aliphatic heterocycles. The summed E-state index contributed by atoms with van der Waals surface area (Å²) >= 11 is 6.37. The molecule has 212 valence electrons. The fourth-order valence-electron chi connectivity index (χ4n) is 3.66. The number of nitriles is 1. The first-order chi connectivity index (χ1) is 19.9. The van der Waals surface area contributed by atoms with Gasteiger partial charge in [-0.15, -0.1) is 33.6 Å². The Morgan fingerprint density at radius 1 is 1.02 bits per heavy atom. The van der Waals surface area contributed by atoms with Crippen molar-refractivity contribution in [2.24, 2.45) is 0 Å². The molecule has 5 aromatic rings. The van der Waals surface area contributed by atoms with Crippen LogP contribution in [0.2, 0.25) is 5.02 Å². The van der Waals surface area contributed by atoms with Crippen molar-refractivity contribution in [3.8, 4) is 40.5 Å². The number of pyridine rings is 1. The molecule has 5 rings (SSSR count). The van der Waals surface area contributed by atoms with Gasteiger partial charge in [-0.1, -0.05) is 11.6 Å². The van der Waals surface area contributed by atoms with Crippen LogP contribution in [-0.4, -0.2) is 51.0 Å². The van der Waals surface area contributed by atoms with Gasteiger partial charge >= 0.3 is 6.36 Å². The Labute approximate surface area is 240 Å². The molecule has 0 aliphatic carbocycles. The maximum Gasteiger partial charge on any atom is 0.573 e. The van der Waals surface area contributed by atoms with Gasteiger partial charge in [0.1, 0.15) is 11.4 Å². The lowest BCUT2D eigenvalue weighted by atomic mass is 10.1. The van der Waals surface area contributed by atoms with Gasteiger partial charge in [-0.25, -0.2) is 8.42 Å². The average molecular weight is 614 g/mol. The second-order valence-corrected chi connectivity index (χ2v) is 10.9. The molecule has 11 nitrogen and oxygen atoms in total. The topological polar surface area (TPSA) is 150 Å². The predicted octanol–water partition coefficient (Wildman–Crippen LogP) is 5.38. The number of sulfone groups is 1. The van der Waals surface area contributed by atoms with E-state index in [0.717, 1.165) is 24.6 Å². The lowest BCUT2D eigenvalue weighted by Gasteiger charge is -2.13. The minimum Gasteiger partial charge on any atom is -0.417 e. The predicted molar refractivity (Wildman–Crippen MR) is 143 cm³/mol. The summed E-state index contributed by atoms with van der Waals surface area (Å²) in [7, 11) is -3.53. The zero-order chi connectivity index (χ0) is 30.1. The molecule has 42 heavy (non-hydrogen) atoms. The van der Waals surface area contributed by atoms with Crippen molar-refractivity contribution in [1.29, 1.82) is 5.26 Å². The molecular formula is C26H15ClF3N7O4S. The summed E-state index contributed by atoms with van der Waals surface area (Å²) in [5, 5.41) is 25.1. The lowest BCUT2D eigenvalue weighted by molar-refractivity contribution is -0.274. The van der Waals surface area contributed by atoms with Gasteiger partial charge in [0, 0.05) is 30.2 Å². The van der Waals surface area contributed by atoms with Crippen LogP contribution in [0.4, 0.5) is 13.2 Å². The second kappa shape index (κ2) is 11.1. The number of halogens is 4. The third-order valence-corrected chi connectivity index (χ3v) is 6.95. The SMILES string of the molecule is CS(=O)(=O)c1ccc(-c2nnc(C=Cc3nnc(-c4ccc(C#N)cc4)o3)n2-c2ccc(OC(F)(F)F)cc2Cl)nc1. The van der Waals surface area contributed by atoms with Crippen LogP contribution in [0.1, 0.15) is 17.3 Å². The van der Waals surface area contributed by atoms with Crippen LogP contribution in [-0.2, 0) is 9.84 Å². The lowest BCUT2D eigenvalue weighted by Crippen LogP contribution is -2.17. The number of hydrogen-bond donors (Lipinski definition) is 0. The number of benzene rings is 2. The quantitative estimate of drug-likeness (QED) is 0.234. The van der Waals surface area contributed by atoms with Gasteiger partial charge in [-0.05, 0) is 54.6 Å². The summed E-state index contributed by atoms with van der Waals surface area (Å²) in [6.45, 7) is 0. The standard InChI is InChI=1S/C26H15ClF3N7O4S/c1-42(38,39)18-7-8-20(32-14-18)24-35-33-22(37(24)21-9-6-17(12-19(21)27)41-26(28,29)30)10-11-23-34-36-25(40-23)16-4-2-15(13-31)3-5-16/h2-12,14H,1H3. The fraction of sp³-hybridized carbons (Fsp3) is 0.0769. The van der Waals surface area contributed by atoms with Crippen LogP contribution in [0.15, 0.2) is 70.1 Å². The summed E-state index contributed by atoms with van der Waals surface area (Å²) < 4.78 is 73.0. The zero-order valence-electron chi connectivity index (χ0n) is 21.1. The number of alkyl halides is 3. The van der Waals surface area contributed by atoms with Crippen molar-refractivity contribution < 1.29 is 30.7 Å². The number of hydrogen-bond acceptors (Lipinski definition) is 10. The molecule has 0 amide bonds. The van der Waals surface area contributed by atoms with Crippen molar-refractivity contribution in [3.05, 3.63) is 83.1 Å². The average Bonchev–Trinajstić information content (AvgIpc) is 3.58. The minimum absolute atomic E-state index is 0.0291. The molecule has 3 heterocycles. The van der Waals surface area contributed by atoms with Crippen molar-refractivity contribution in [2.45, 2.75) is 11.3 Å². The van der Waals surface area contributed by atoms with E-state index in [2.05, 4.69) is 30.1 Å². The summed E-state index contributed by atoms with van der Waals surface area (Å²) in [6.07, 6.45) is 0.133. The summed E-state index contributed by atoms with van der Waals surface area (Å²) in [5.74, 6) is -0.0194. The van der Waals surface area contributed by atoms with Crippen LogP contribution in [0.3, 0.4) is 0 Å². The van der Waals surface area contributed by atoms with E-state index in [1.807, 2.05) is 6.07 Å². The Morgan fingerprint density at radius 3 is 2.40 bits per heavy atom. The fourth-order valence-corrected chi connectivity index (χ4v) is 4.47. The molecule has 0 fully saturated rings. The molecular weight excluding hydrogens is 599 g/mol. The van der Waals surface area contributed by atoms with E-state index in [1.165, 1.54) is 34.9 Å². The van der Waals surface area contributed by atoms with E-state index in [1.54, 1.807) is 24.3 Å². The maximum atomic E-state index is 12.7. The van der Waals surface area contributed by atoms with Crippen molar-refractivity contribution in [1.82, 2.24) is 29.9 Å². The van der Waals surface area contributed by atoms with Gasteiger partial charge < -0.3 is 9.15 Å². The van der Waals surface area contributed by atoms with E-state index >= 15 is 0 Å². The molecule has 3 aromatic heterocycles. The Kier molecular flexibility index (Phi) is 7.50. The van der Waals surface area contributed by atoms with Crippen LogP contribution >= 0.6 is 11.6 Å². The number of rotatable bonds is 7. The highest BCUT2D eigenvalue weighted by Crippen LogP contribution is 2.33. The zero-order valence-corrected chi connectivity index (χ0v) is 22.7. The Morgan fingerprint density at radius 2 is 1.79 bits per heavy atom. The van der Waals surface area contributed by atoms with Gasteiger partial charge in [0.05, 0.1) is 27.2 Å². The Hall–Kier alpha value is -5.07. The third kappa shape index (κ3) is 6.29. The molecule has 0 N–H and O–H groups in total. The van der Waals surface area contributed by atoms with E-state index in [9.17, 15) is 21.6 Å². The van der Waals surface area contributed by atoms with Gasteiger partial charge in [-0.2, -0.15) is 5.26 Å². The second-order valence-electron chi connectivity index (χ2n) is 8.50. The van der Waals surface area contributed by atoms with E-state index < -0.39 is 21.9 Å². The van der Waals surface area contributed by atoms with Crippen LogP contribution in [0.5, 0.6) is 5.75 Å². The summed E-state index contributed by atoms with van der Waals surface area (Å²) in [4.78, 5) is 4.14. The van der Waals surface area contributed by atoms with Crippen molar-refractivity contribution >= 4 is 33.6 Å². The first-order valence-electron chi connectivity index (χ1n) is 11.6. The highest BCUT2D eigenvalue weighted by atomic mass is 35.5. The molecule has 0 radical (unpaired) electrons. The Bertz CT molecular complexity index is 1950. The molecule has 0 unspecified atom stereocenters. The molecule has 2 aromatic carbocycles. The molecule has 16 heteroatoms. The van der Waals surface area contributed by atoms with Gasteiger partial charge in [-0.3, -0.25) is 9.55 Å². The van der Waals surface area contributed by atoms with Crippen molar-refractivity contribution in [3.63, 3.8) is 0 Å². The Balaban J connectivity index is 1.55. The van der Waals surface area contributed by atoms with E-state index in [0.29, 0.717) is 11.1 Å². The monoisotopic (exact) mass is 613 g/mol. The number of ether oxygens (including phenoxy) is 1. The minimum atomic E-state index is -4.92. The largest absolute Gasteiger partial charge is 0.573 e. The molecule has 0 saturated carbocycles. The van der Waals surface area contributed by atoms with Crippen molar-refractivity contribution in [2.75, 3.05) is 6.26 Å². The number of aromatic nitrogens is 6. The summed E-state index contributed by atoms with van der Waals surface area (Å²) in [6, 6.07) is 14.6. The highest BCUT2D eigenvalue weighted by molar-refractivity contribution is 7.90. The van der Waals surface area contributed by atoms with Gasteiger partial charge in [0.25, 0.3) is 0 Å². The first kappa shape index (κ1) is 28.5. The molecule has 0 atom stereocenters. The summed E-state index contributed by atoms with van der Waals surface area (Å²) in [5.41, 5.74) is 1.42. The normalized spacial score (nSPS) is 12.0. The first-order valence-corrected chi connectivity index (χ1v) is 13.9. The van der Waals surface area contributed by atoms with E-state index in [-0.39, 0.29) is 44.7 Å². The van der Waals surface area contributed by atoms with Crippen LogP contribution in [0, 0.1) is 11.3 Å². The van der Waals surface area contributed by atoms with Gasteiger partial charge in [0.15, 0.2) is 21.5 Å². The smallest absolute Gasteiger partial charge is 0.417 e.